The van der Waals surface area contributed by atoms with Gasteiger partial charge in [0.05, 0.1) is 10.8 Å². The maximum Gasteiger partial charge on any atom is 0.220 e. The molecule has 0 bridgehead atoms. The molecular weight excluding hydrogens is 282 g/mol. The second-order valence-electron chi connectivity index (χ2n) is 5.86. The molecule has 1 heterocycles. The van der Waals surface area contributed by atoms with Crippen molar-refractivity contribution in [2.24, 2.45) is 7.05 Å². The molecule has 0 atom stereocenters. The van der Waals surface area contributed by atoms with E-state index < -0.39 is 0 Å². The maximum absolute atomic E-state index is 6.06. The molecule has 3 aromatic carbocycles. The summed E-state index contributed by atoms with van der Waals surface area (Å²) in [6.45, 7) is 0. The monoisotopic (exact) mass is 300 g/mol. The number of anilines is 2. The number of nitrogen functional groups attached to an aromatic ring is 2. The molecule has 0 aliphatic rings. The molecule has 0 radical (unpaired) electrons. The fourth-order valence-corrected chi connectivity index (χ4v) is 3.29. The summed E-state index contributed by atoms with van der Waals surface area (Å²) in [6.07, 6.45) is 0. The van der Waals surface area contributed by atoms with E-state index in [1.165, 1.54) is 10.8 Å². The van der Waals surface area contributed by atoms with Crippen molar-refractivity contribution < 1.29 is 4.57 Å². The van der Waals surface area contributed by atoms with Gasteiger partial charge in [-0.2, -0.15) is 4.57 Å². The van der Waals surface area contributed by atoms with Crippen LogP contribution in [0.15, 0.2) is 66.7 Å². The van der Waals surface area contributed by atoms with E-state index in [0.29, 0.717) is 0 Å². The summed E-state index contributed by atoms with van der Waals surface area (Å²) >= 11 is 0. The number of fused-ring (bicyclic) bond motifs is 3. The number of nitrogens with zero attached hydrogens (tertiary/aromatic N) is 1. The van der Waals surface area contributed by atoms with Crippen LogP contribution in [0.3, 0.4) is 0 Å². The second-order valence-corrected chi connectivity index (χ2v) is 5.86. The number of benzene rings is 3. The summed E-state index contributed by atoms with van der Waals surface area (Å²) in [5, 5.41) is 3.51. The first-order valence-electron chi connectivity index (χ1n) is 7.61. The smallest absolute Gasteiger partial charge is 0.220 e. The van der Waals surface area contributed by atoms with E-state index >= 15 is 0 Å². The van der Waals surface area contributed by atoms with Crippen LogP contribution in [0.5, 0.6) is 0 Å². The van der Waals surface area contributed by atoms with E-state index in [4.69, 9.17) is 11.5 Å². The molecule has 23 heavy (non-hydrogen) atoms. The average molecular weight is 300 g/mol. The molecule has 3 heteroatoms. The number of aromatic nitrogens is 1. The van der Waals surface area contributed by atoms with Crippen LogP contribution in [-0.4, -0.2) is 0 Å². The third-order valence-corrected chi connectivity index (χ3v) is 4.35. The van der Waals surface area contributed by atoms with Crippen molar-refractivity contribution in [1.82, 2.24) is 0 Å². The van der Waals surface area contributed by atoms with Crippen molar-refractivity contribution in [3.8, 4) is 11.3 Å². The Morgan fingerprint density at radius 1 is 0.696 bits per heavy atom. The van der Waals surface area contributed by atoms with Crippen LogP contribution in [0.4, 0.5) is 11.4 Å². The minimum atomic E-state index is 0.766. The molecule has 112 valence electrons. The molecular formula is C20H18N3+. The zero-order valence-corrected chi connectivity index (χ0v) is 13.0. The Kier molecular flexibility index (Phi) is 2.95. The average Bonchev–Trinajstić information content (AvgIpc) is 2.56. The first-order valence-corrected chi connectivity index (χ1v) is 7.61. The van der Waals surface area contributed by atoms with Crippen LogP contribution in [-0.2, 0) is 7.05 Å². The fourth-order valence-electron chi connectivity index (χ4n) is 3.29. The summed E-state index contributed by atoms with van der Waals surface area (Å²) in [4.78, 5) is 0. The molecule has 4 N–H and O–H groups in total. The molecule has 0 unspecified atom stereocenters. The van der Waals surface area contributed by atoms with E-state index in [0.717, 1.165) is 33.5 Å². The molecule has 0 aliphatic heterocycles. The third-order valence-electron chi connectivity index (χ3n) is 4.35. The Bertz CT molecular complexity index is 1040. The van der Waals surface area contributed by atoms with Gasteiger partial charge < -0.3 is 11.5 Å². The van der Waals surface area contributed by atoms with Crippen molar-refractivity contribution in [1.29, 1.82) is 0 Å². The van der Waals surface area contributed by atoms with Crippen molar-refractivity contribution >= 4 is 33.1 Å². The van der Waals surface area contributed by atoms with E-state index in [2.05, 4.69) is 48.0 Å². The fraction of sp³-hybridized carbons (Fsp3) is 0.0500. The normalized spacial score (nSPS) is 11.2. The highest BCUT2D eigenvalue weighted by Gasteiger charge is 2.20. The van der Waals surface area contributed by atoms with Crippen molar-refractivity contribution in [2.45, 2.75) is 0 Å². The van der Waals surface area contributed by atoms with Crippen LogP contribution >= 0.6 is 0 Å². The van der Waals surface area contributed by atoms with Crippen LogP contribution in [0.25, 0.3) is 32.9 Å². The van der Waals surface area contributed by atoms with Crippen LogP contribution in [0, 0.1) is 0 Å². The van der Waals surface area contributed by atoms with E-state index in [9.17, 15) is 0 Å². The standard InChI is InChI=1S/C20H17N3/c1-23-19-12-15(22)8-10-17(19)16-9-7-14(21)11-18(16)20(23)13-5-3-2-4-6-13/h2-12,22H,21H2,1H3/p+1. The largest absolute Gasteiger partial charge is 0.399 e. The number of aryl methyl sites for hydroxylation is 1. The molecule has 4 rings (SSSR count). The first-order chi connectivity index (χ1) is 11.1. The second kappa shape index (κ2) is 4.99. The van der Waals surface area contributed by atoms with Crippen LogP contribution in [0.1, 0.15) is 0 Å². The lowest BCUT2D eigenvalue weighted by Gasteiger charge is -2.10. The quantitative estimate of drug-likeness (QED) is 0.320. The Balaban J connectivity index is 2.26. The minimum Gasteiger partial charge on any atom is -0.399 e. The van der Waals surface area contributed by atoms with Crippen LogP contribution < -0.4 is 16.0 Å². The topological polar surface area (TPSA) is 55.9 Å². The van der Waals surface area contributed by atoms with Gasteiger partial charge in [0, 0.05) is 28.4 Å². The zero-order valence-electron chi connectivity index (χ0n) is 13.0. The SMILES string of the molecule is C[n+]1c(-c2ccccc2)c2cc(N)ccc2c2ccc(N)cc21. The zero-order chi connectivity index (χ0) is 16.0. The summed E-state index contributed by atoms with van der Waals surface area (Å²) in [7, 11) is 2.08. The molecule has 0 amide bonds. The van der Waals surface area contributed by atoms with E-state index in [-0.39, 0.29) is 0 Å². The van der Waals surface area contributed by atoms with Gasteiger partial charge in [0.25, 0.3) is 0 Å². The van der Waals surface area contributed by atoms with Gasteiger partial charge in [-0.3, -0.25) is 0 Å². The number of hydrogen-bond acceptors (Lipinski definition) is 2. The van der Waals surface area contributed by atoms with Gasteiger partial charge in [0.2, 0.25) is 11.2 Å². The number of hydrogen-bond donors (Lipinski definition) is 2. The molecule has 0 saturated carbocycles. The molecule has 0 saturated heterocycles. The highest BCUT2D eigenvalue weighted by atomic mass is 14.9. The minimum absolute atomic E-state index is 0.766. The summed E-state index contributed by atoms with van der Waals surface area (Å²) < 4.78 is 2.20. The van der Waals surface area contributed by atoms with Crippen molar-refractivity contribution in [2.75, 3.05) is 11.5 Å². The Morgan fingerprint density at radius 3 is 2.09 bits per heavy atom. The molecule has 3 nitrogen and oxygen atoms in total. The number of rotatable bonds is 1. The van der Waals surface area contributed by atoms with Gasteiger partial charge >= 0.3 is 0 Å². The maximum atomic E-state index is 6.06. The summed E-state index contributed by atoms with van der Waals surface area (Å²) in [5.41, 5.74) is 17.0. The highest BCUT2D eigenvalue weighted by Crippen LogP contribution is 2.32. The van der Waals surface area contributed by atoms with Gasteiger partial charge in [-0.15, -0.1) is 0 Å². The third kappa shape index (κ3) is 2.09. The summed E-state index contributed by atoms with van der Waals surface area (Å²) in [5.74, 6) is 0. The molecule has 1 aromatic heterocycles. The Hall–Kier alpha value is -3.07. The van der Waals surface area contributed by atoms with Crippen LogP contribution in [0.2, 0.25) is 0 Å². The predicted octanol–water partition coefficient (Wildman–Crippen LogP) is 3.65. The van der Waals surface area contributed by atoms with Gasteiger partial charge in [0.1, 0.15) is 7.05 Å². The van der Waals surface area contributed by atoms with Crippen molar-refractivity contribution in [3.05, 3.63) is 66.7 Å². The lowest BCUT2D eigenvalue weighted by atomic mass is 9.98. The molecule has 0 aliphatic carbocycles. The lowest BCUT2D eigenvalue weighted by Crippen LogP contribution is -2.32. The van der Waals surface area contributed by atoms with Crippen molar-refractivity contribution in [3.63, 3.8) is 0 Å². The molecule has 4 aromatic rings. The predicted molar refractivity (Wildman–Crippen MR) is 96.9 cm³/mol. The summed E-state index contributed by atoms with van der Waals surface area (Å²) in [6, 6.07) is 22.5. The van der Waals surface area contributed by atoms with Gasteiger partial charge in [-0.1, -0.05) is 24.3 Å². The first kappa shape index (κ1) is 13.6. The number of pyridine rings is 1. The number of nitrogens with two attached hydrogens (primary N) is 2. The van der Waals surface area contributed by atoms with Gasteiger partial charge in [0.15, 0.2) is 0 Å². The highest BCUT2D eigenvalue weighted by molar-refractivity contribution is 6.10. The lowest BCUT2D eigenvalue weighted by molar-refractivity contribution is -0.632. The van der Waals surface area contributed by atoms with Gasteiger partial charge in [-0.25, -0.2) is 0 Å². The molecule has 0 spiro atoms. The Labute approximate surface area is 134 Å². The molecule has 0 fully saturated rings. The van der Waals surface area contributed by atoms with E-state index in [1.807, 2.05) is 30.3 Å². The van der Waals surface area contributed by atoms with E-state index in [1.54, 1.807) is 0 Å². The Morgan fingerprint density at radius 2 is 1.35 bits per heavy atom. The van der Waals surface area contributed by atoms with Gasteiger partial charge in [-0.05, 0) is 36.4 Å².